The Bertz CT molecular complexity index is 4190. The summed E-state index contributed by atoms with van der Waals surface area (Å²) in [5.74, 6) is -7.92. The van der Waals surface area contributed by atoms with Crippen LogP contribution in [-0.2, 0) is 63.8 Å². The van der Waals surface area contributed by atoms with E-state index in [2.05, 4.69) is 26.6 Å². The number of ketones is 2. The largest absolute Gasteiger partial charge is 0.481 e. The van der Waals surface area contributed by atoms with Crippen molar-refractivity contribution >= 4 is 76.0 Å². The fourth-order valence-corrected chi connectivity index (χ4v) is 14.0. The zero-order valence-electron chi connectivity index (χ0n) is 61.9. The average molecular weight is 1540 g/mol. The Balaban J connectivity index is 0.000000233. The number of benzene rings is 6. The van der Waals surface area contributed by atoms with Crippen LogP contribution < -0.4 is 32.3 Å². The summed E-state index contributed by atoms with van der Waals surface area (Å²) in [6.07, 6.45) is -0.544. The zero-order valence-corrected chi connectivity index (χ0v) is 61.9. The van der Waals surface area contributed by atoms with E-state index in [1.807, 2.05) is 48.5 Å². The number of rotatable bonds is 24. The summed E-state index contributed by atoms with van der Waals surface area (Å²) >= 11 is 0. The second-order valence-electron chi connectivity index (χ2n) is 28.8. The number of aliphatic carboxylic acids is 1. The number of halogens is 8. The first kappa shape index (κ1) is 85.3. The lowest BCUT2D eigenvalue weighted by atomic mass is 9.83. The standard InChI is InChI=1S/C38H42F4N4O5.C33H35F4N3O3.C10H17NO5/c1-23-6-4-10-32(39)34(23)37(50)46-19-5-9-30(35(46)24-11-14-27(15-12-24)44-26-7-2-3-8-26)36(49)45-28-16-13-25(31(20-28)38(40,41)42)22-51-33(48)18-17-29(47)21-43;1-20-6-4-10-28(34)29(20)32(43)40-17-5-9-26(30(40)21-11-14-24(15-12-21)38-23-7-2-3-8-23)31(42)39-25-16-13-22(19-41)27(18-25)33(35,36)37;1-10(2,3)16-9(15)11-6-7(12)4-5-8(13)14/h4,6,10-16,20,26,30,35,44H,2-3,5,7-9,17-19,21-22,43H2,1H3,(H,45,49);4,6,10-16,18,23,26,30,38,41H,2-3,5,7-9,17,19H2,1H3,(H,39,42);4-6H2,1-3H3,(H,11,15)(H,13,14)/t30-,35-;26-,30-;/m00./s1. The number of aliphatic hydroxyl groups excluding tert-OH is 1. The number of carboxylic acids is 1. The van der Waals surface area contributed by atoms with Gasteiger partial charge in [0, 0.05) is 66.3 Å². The molecule has 4 fully saturated rings. The fraction of sp³-hybridized carbons (Fsp3) is 0.444. The predicted octanol–water partition coefficient (Wildman–Crippen LogP) is 15.3. The Morgan fingerprint density at radius 2 is 0.945 bits per heavy atom. The maximum Gasteiger partial charge on any atom is 0.416 e. The highest BCUT2D eigenvalue weighted by Crippen LogP contribution is 2.43. The van der Waals surface area contributed by atoms with E-state index in [4.69, 9.17) is 20.3 Å². The molecule has 110 heavy (non-hydrogen) atoms. The highest BCUT2D eigenvalue weighted by atomic mass is 19.4. The molecule has 592 valence electrons. The minimum atomic E-state index is -4.85. The minimum Gasteiger partial charge on any atom is -0.481 e. The number of Topliss-reactive ketones (excluding diaryl/α,β-unsaturated/α-hetero) is 2. The van der Waals surface area contributed by atoms with Crippen molar-refractivity contribution in [1.82, 2.24) is 15.1 Å². The Labute approximate surface area is 632 Å². The molecule has 2 saturated heterocycles. The second-order valence-corrected chi connectivity index (χ2v) is 28.8. The lowest BCUT2D eigenvalue weighted by Gasteiger charge is -2.41. The Hall–Kier alpha value is -10.3. The summed E-state index contributed by atoms with van der Waals surface area (Å²) in [5, 5.41) is 32.2. The second kappa shape index (κ2) is 38.9. The van der Waals surface area contributed by atoms with Crippen LogP contribution in [0.5, 0.6) is 0 Å². The highest BCUT2D eigenvalue weighted by Gasteiger charge is 2.44. The lowest BCUT2D eigenvalue weighted by molar-refractivity contribution is -0.148. The van der Waals surface area contributed by atoms with Crippen LogP contribution in [0.25, 0.3) is 0 Å². The smallest absolute Gasteiger partial charge is 0.416 e. The number of amides is 5. The SMILES string of the molecule is CC(C)(C)OC(=O)NCC(=O)CCC(=O)O.Cc1cccc(F)c1C(=O)N1CCC[C@H](C(=O)Nc2ccc(CO)c(C(F)(F)F)c2)[C@@H]1c1ccc(NC2CCCC2)cc1.Cc1cccc(F)c1C(=O)N1CCC[C@H](C(=O)Nc2ccc(COC(=O)CCC(=O)CN)c(C(F)(F)F)c2)[C@@H]1c1ccc(NC2CCCC2)cc1. The molecule has 2 aliphatic heterocycles. The van der Waals surface area contributed by atoms with Gasteiger partial charge in [-0.1, -0.05) is 86.3 Å². The molecule has 6 aromatic rings. The molecule has 0 bridgehead atoms. The third kappa shape index (κ3) is 24.1. The molecule has 0 aromatic heterocycles. The van der Waals surface area contributed by atoms with Crippen LogP contribution in [0.4, 0.5) is 62.7 Å². The summed E-state index contributed by atoms with van der Waals surface area (Å²) in [6.45, 7) is 6.98. The number of hydrogen-bond acceptors (Lipinski definition) is 15. The van der Waals surface area contributed by atoms with Gasteiger partial charge in [0.25, 0.3) is 11.8 Å². The van der Waals surface area contributed by atoms with E-state index < -0.39 is 120 Å². The molecule has 29 heteroatoms. The summed E-state index contributed by atoms with van der Waals surface area (Å²) < 4.78 is 123. The normalized spacial score (nSPS) is 17.4. The molecule has 0 unspecified atom stereocenters. The van der Waals surface area contributed by atoms with Gasteiger partial charge in [-0.3, -0.25) is 38.4 Å². The van der Waals surface area contributed by atoms with Crippen LogP contribution >= 0.6 is 0 Å². The topological polar surface area (TPSA) is 305 Å². The van der Waals surface area contributed by atoms with Crippen LogP contribution in [-0.4, -0.2) is 117 Å². The van der Waals surface area contributed by atoms with Gasteiger partial charge in [-0.2, -0.15) is 26.3 Å². The number of nitrogens with two attached hydrogens (primary N) is 1. The van der Waals surface area contributed by atoms with E-state index in [-0.39, 0.29) is 97.1 Å². The zero-order chi connectivity index (χ0) is 80.2. The summed E-state index contributed by atoms with van der Waals surface area (Å²) in [6, 6.07) is 29.2. The summed E-state index contributed by atoms with van der Waals surface area (Å²) in [5.41, 5.74) is 5.47. The number of carbonyl (C=O) groups is 9. The van der Waals surface area contributed by atoms with E-state index in [9.17, 15) is 79.0 Å². The first-order chi connectivity index (χ1) is 52.1. The highest BCUT2D eigenvalue weighted by molar-refractivity contribution is 6.00. The number of alkyl carbamates (subject to hydrolysis) is 1. The van der Waals surface area contributed by atoms with Crippen molar-refractivity contribution in [2.45, 2.75) is 193 Å². The van der Waals surface area contributed by atoms with Crippen molar-refractivity contribution < 1.29 is 98.0 Å². The Morgan fingerprint density at radius 1 is 0.527 bits per heavy atom. The van der Waals surface area contributed by atoms with Gasteiger partial charge in [0.1, 0.15) is 29.6 Å². The monoisotopic (exact) mass is 1540 g/mol. The average Bonchev–Trinajstić information content (AvgIpc) is 0.838. The number of alkyl halides is 6. The van der Waals surface area contributed by atoms with E-state index in [1.54, 1.807) is 46.8 Å². The van der Waals surface area contributed by atoms with E-state index in [0.29, 0.717) is 60.0 Å². The first-order valence-corrected chi connectivity index (χ1v) is 36.7. The van der Waals surface area contributed by atoms with Crippen LogP contribution in [0.2, 0.25) is 0 Å². The van der Waals surface area contributed by atoms with Gasteiger partial charge in [0.2, 0.25) is 11.8 Å². The Morgan fingerprint density at radius 3 is 1.35 bits per heavy atom. The number of ether oxygens (including phenoxy) is 2. The van der Waals surface area contributed by atoms with Crippen molar-refractivity contribution in [2.75, 3.05) is 47.4 Å². The van der Waals surface area contributed by atoms with E-state index >= 15 is 4.39 Å². The lowest BCUT2D eigenvalue weighted by Crippen LogP contribution is -2.46. The summed E-state index contributed by atoms with van der Waals surface area (Å²) in [7, 11) is 0. The number of esters is 1. The molecule has 21 nitrogen and oxygen atoms in total. The van der Waals surface area contributed by atoms with Crippen molar-refractivity contribution in [3.8, 4) is 0 Å². The van der Waals surface area contributed by atoms with Crippen molar-refractivity contribution in [3.63, 3.8) is 0 Å². The molecule has 2 aliphatic carbocycles. The van der Waals surface area contributed by atoms with Gasteiger partial charge < -0.3 is 61.8 Å². The van der Waals surface area contributed by atoms with Crippen LogP contribution in [0.3, 0.4) is 0 Å². The van der Waals surface area contributed by atoms with Gasteiger partial charge in [0.15, 0.2) is 5.78 Å². The minimum absolute atomic E-state index is 0.0671. The number of piperidine rings is 2. The molecule has 0 spiro atoms. The fourth-order valence-electron chi connectivity index (χ4n) is 14.0. The number of aliphatic hydroxyl groups is 1. The first-order valence-electron chi connectivity index (χ1n) is 36.7. The number of hydrogen-bond donors (Lipinski definition) is 8. The quantitative estimate of drug-likeness (QED) is 0.0206. The molecule has 5 amide bonds. The number of carbonyl (C=O) groups excluding carboxylic acids is 8. The maximum atomic E-state index is 15.1. The van der Waals surface area contributed by atoms with Crippen LogP contribution in [0.15, 0.2) is 121 Å². The van der Waals surface area contributed by atoms with Gasteiger partial charge >= 0.3 is 30.4 Å². The third-order valence-corrected chi connectivity index (χ3v) is 19.5. The number of likely N-dealkylation sites (tertiary alicyclic amines) is 2. The molecule has 4 aliphatic rings. The van der Waals surface area contributed by atoms with E-state index in [0.717, 1.165) is 74.2 Å². The molecule has 2 saturated carbocycles. The predicted molar refractivity (Wildman–Crippen MR) is 395 cm³/mol. The van der Waals surface area contributed by atoms with Gasteiger partial charge in [-0.15, -0.1) is 0 Å². The number of nitrogens with one attached hydrogen (secondary N) is 5. The van der Waals surface area contributed by atoms with E-state index in [1.165, 1.54) is 59.0 Å². The number of carboxylic acid groups (broad SMARTS) is 1. The van der Waals surface area contributed by atoms with Gasteiger partial charge in [-0.25, -0.2) is 13.6 Å². The summed E-state index contributed by atoms with van der Waals surface area (Å²) in [4.78, 5) is 114. The maximum absolute atomic E-state index is 15.1. The number of nitrogens with zero attached hydrogens (tertiary/aromatic N) is 2. The van der Waals surface area contributed by atoms with Crippen LogP contribution in [0, 0.1) is 37.3 Å². The molecular weight excluding hydrogens is 1440 g/mol. The van der Waals surface area contributed by atoms with Crippen molar-refractivity contribution in [2.24, 2.45) is 17.6 Å². The molecule has 10 rings (SSSR count). The molecule has 6 aromatic carbocycles. The Kier molecular flexibility index (Phi) is 30.1. The number of aryl methyl sites for hydroxylation is 2. The van der Waals surface area contributed by atoms with Crippen molar-refractivity contribution in [3.05, 3.63) is 189 Å². The van der Waals surface area contributed by atoms with Gasteiger partial charge in [-0.05, 0) is 174 Å². The molecular formula is C81H94F8N8O13. The van der Waals surface area contributed by atoms with Gasteiger partial charge in [0.05, 0.1) is 78.7 Å². The number of anilines is 4. The molecule has 4 atom stereocenters. The van der Waals surface area contributed by atoms with Crippen LogP contribution in [0.1, 0.15) is 201 Å². The molecule has 0 radical (unpaired) electrons. The third-order valence-electron chi connectivity index (χ3n) is 19.5. The molecule has 2 heterocycles. The molecule has 9 N–H and O–H groups in total. The van der Waals surface area contributed by atoms with Crippen molar-refractivity contribution in [1.29, 1.82) is 0 Å².